The molecular formula is C32H29ClN4O4. The predicted octanol–water partition coefficient (Wildman–Crippen LogP) is 4.26. The summed E-state index contributed by atoms with van der Waals surface area (Å²) < 4.78 is 0. The highest BCUT2D eigenvalue weighted by Crippen LogP contribution is 2.38. The minimum atomic E-state index is -0.627. The summed E-state index contributed by atoms with van der Waals surface area (Å²) in [4.78, 5) is 57.0. The molecule has 0 saturated carbocycles. The fourth-order valence-corrected chi connectivity index (χ4v) is 7.06. The number of piperazine rings is 1. The van der Waals surface area contributed by atoms with Crippen molar-refractivity contribution >= 4 is 40.9 Å². The van der Waals surface area contributed by atoms with Gasteiger partial charge in [0.15, 0.2) is 0 Å². The summed E-state index contributed by atoms with van der Waals surface area (Å²) >= 11 is 6.09. The van der Waals surface area contributed by atoms with Gasteiger partial charge in [0.05, 0.1) is 0 Å². The summed E-state index contributed by atoms with van der Waals surface area (Å²) in [5.74, 6) is -0.830. The first kappa shape index (κ1) is 25.8. The van der Waals surface area contributed by atoms with Crippen LogP contribution in [0, 0.1) is 0 Å². The zero-order valence-corrected chi connectivity index (χ0v) is 23.1. The average molecular weight is 569 g/mol. The van der Waals surface area contributed by atoms with Crippen molar-refractivity contribution in [2.45, 2.75) is 50.4 Å². The maximum absolute atomic E-state index is 13.8. The zero-order valence-electron chi connectivity index (χ0n) is 22.4. The fraction of sp³-hybridized carbons (Fsp3) is 0.312. The molecule has 2 bridgehead atoms. The van der Waals surface area contributed by atoms with Gasteiger partial charge in [0, 0.05) is 60.0 Å². The highest BCUT2D eigenvalue weighted by molar-refractivity contribution is 6.30. The molecule has 208 valence electrons. The van der Waals surface area contributed by atoms with Gasteiger partial charge in [-0.25, -0.2) is 0 Å². The van der Waals surface area contributed by atoms with E-state index in [0.29, 0.717) is 42.2 Å². The number of nitrogens with one attached hydrogen (secondary N) is 1. The molecule has 0 aliphatic carbocycles. The second-order valence-corrected chi connectivity index (χ2v) is 11.7. The van der Waals surface area contributed by atoms with Crippen molar-refractivity contribution in [1.29, 1.82) is 0 Å². The van der Waals surface area contributed by atoms with Gasteiger partial charge < -0.3 is 14.7 Å². The minimum Gasteiger partial charge on any atom is -0.362 e. The van der Waals surface area contributed by atoms with Gasteiger partial charge in [-0.3, -0.25) is 24.5 Å². The van der Waals surface area contributed by atoms with Crippen molar-refractivity contribution in [3.05, 3.63) is 88.4 Å². The molecule has 4 aliphatic heterocycles. The maximum atomic E-state index is 13.8. The quantitative estimate of drug-likeness (QED) is 0.475. The molecule has 3 aromatic rings. The summed E-state index contributed by atoms with van der Waals surface area (Å²) in [5, 5.41) is 3.02. The molecule has 9 heteroatoms. The molecule has 4 aliphatic rings. The third kappa shape index (κ3) is 4.47. The zero-order chi connectivity index (χ0) is 28.2. The number of hydrogen-bond acceptors (Lipinski definition) is 5. The van der Waals surface area contributed by atoms with Crippen molar-refractivity contribution < 1.29 is 19.2 Å². The highest BCUT2D eigenvalue weighted by Gasteiger charge is 2.43. The van der Waals surface area contributed by atoms with Crippen LogP contribution in [0.15, 0.2) is 66.7 Å². The number of nitrogens with zero attached hydrogens (tertiary/aromatic N) is 3. The van der Waals surface area contributed by atoms with Crippen LogP contribution in [0.5, 0.6) is 0 Å². The molecule has 4 amide bonds. The standard InChI is InChI=1S/C32H29ClN4O4/c33-21-7-5-19(6-8-21)25-3-1-2-4-27(25)31(40)35-17-23-9-10-24(18-35)37(23)22-11-12-26-20(15-22)16-36(32(26)41)28-13-14-29(38)34-30(28)39/h1-8,11-12,15,23-24,28H,9-10,13-14,16-18H2,(H,34,38,39). The van der Waals surface area contributed by atoms with Crippen LogP contribution in [0.25, 0.3) is 11.1 Å². The van der Waals surface area contributed by atoms with E-state index in [1.165, 1.54) is 0 Å². The van der Waals surface area contributed by atoms with Crippen LogP contribution >= 0.6 is 11.6 Å². The first-order chi connectivity index (χ1) is 19.9. The van der Waals surface area contributed by atoms with E-state index in [1.807, 2.05) is 65.6 Å². The van der Waals surface area contributed by atoms with Gasteiger partial charge in [-0.05, 0) is 72.4 Å². The molecule has 1 N–H and O–H groups in total. The van der Waals surface area contributed by atoms with Gasteiger partial charge in [0.2, 0.25) is 11.8 Å². The van der Waals surface area contributed by atoms with Crippen LogP contribution in [-0.2, 0) is 16.1 Å². The number of fused-ring (bicyclic) bond motifs is 3. The second-order valence-electron chi connectivity index (χ2n) is 11.3. The lowest BCUT2D eigenvalue weighted by Gasteiger charge is -2.42. The van der Waals surface area contributed by atoms with Crippen molar-refractivity contribution in [3.63, 3.8) is 0 Å². The molecule has 0 spiro atoms. The van der Waals surface area contributed by atoms with Gasteiger partial charge in [0.1, 0.15) is 6.04 Å². The summed E-state index contributed by atoms with van der Waals surface area (Å²) in [6.45, 7) is 1.61. The van der Waals surface area contributed by atoms with Gasteiger partial charge in [0.25, 0.3) is 11.8 Å². The highest BCUT2D eigenvalue weighted by atomic mass is 35.5. The van der Waals surface area contributed by atoms with Crippen LogP contribution in [0.4, 0.5) is 5.69 Å². The summed E-state index contributed by atoms with van der Waals surface area (Å²) in [6.07, 6.45) is 2.56. The Hall–Kier alpha value is -4.17. The van der Waals surface area contributed by atoms with Gasteiger partial charge in [-0.1, -0.05) is 41.9 Å². The van der Waals surface area contributed by atoms with E-state index in [-0.39, 0.29) is 36.2 Å². The Kier molecular flexibility index (Phi) is 6.31. The molecule has 7 rings (SSSR count). The first-order valence-corrected chi connectivity index (χ1v) is 14.5. The van der Waals surface area contributed by atoms with Crippen LogP contribution in [0.2, 0.25) is 5.02 Å². The Morgan fingerprint density at radius 1 is 0.854 bits per heavy atom. The monoisotopic (exact) mass is 568 g/mol. The van der Waals surface area contributed by atoms with Crippen LogP contribution in [0.3, 0.4) is 0 Å². The topological polar surface area (TPSA) is 90.0 Å². The van der Waals surface area contributed by atoms with Crippen LogP contribution in [0.1, 0.15) is 52.0 Å². The maximum Gasteiger partial charge on any atom is 0.255 e. The second kappa shape index (κ2) is 10.0. The van der Waals surface area contributed by atoms with E-state index < -0.39 is 11.9 Å². The van der Waals surface area contributed by atoms with Gasteiger partial charge in [-0.2, -0.15) is 0 Å². The molecule has 0 aromatic heterocycles. The number of likely N-dealkylation sites (tertiary alicyclic amines) is 1. The normalized spacial score (nSPS) is 23.6. The Bertz CT molecular complexity index is 1570. The number of benzene rings is 3. The lowest BCUT2D eigenvalue weighted by molar-refractivity contribution is -0.136. The lowest BCUT2D eigenvalue weighted by Crippen LogP contribution is -2.55. The molecule has 0 radical (unpaired) electrons. The largest absolute Gasteiger partial charge is 0.362 e. The molecule has 41 heavy (non-hydrogen) atoms. The number of halogens is 1. The molecular weight excluding hydrogens is 540 g/mol. The van der Waals surface area contributed by atoms with Gasteiger partial charge in [-0.15, -0.1) is 0 Å². The molecule has 3 unspecified atom stereocenters. The Morgan fingerprint density at radius 3 is 2.32 bits per heavy atom. The number of anilines is 1. The third-order valence-corrected chi connectivity index (χ3v) is 9.14. The van der Waals surface area contributed by atoms with Crippen molar-refractivity contribution in [2.75, 3.05) is 18.0 Å². The Morgan fingerprint density at radius 2 is 1.59 bits per heavy atom. The fourth-order valence-electron chi connectivity index (χ4n) is 6.93. The summed E-state index contributed by atoms with van der Waals surface area (Å²) in [7, 11) is 0. The van der Waals surface area contributed by atoms with E-state index in [2.05, 4.69) is 16.3 Å². The number of carbonyl (C=O) groups excluding carboxylic acids is 4. The molecule has 3 saturated heterocycles. The van der Waals surface area contributed by atoms with Gasteiger partial charge >= 0.3 is 0 Å². The van der Waals surface area contributed by atoms with E-state index >= 15 is 0 Å². The van der Waals surface area contributed by atoms with E-state index in [0.717, 1.165) is 35.2 Å². The Labute approximate surface area is 242 Å². The number of amides is 4. The van der Waals surface area contributed by atoms with Crippen molar-refractivity contribution in [1.82, 2.24) is 15.1 Å². The number of imide groups is 1. The Balaban J connectivity index is 1.09. The van der Waals surface area contributed by atoms with Crippen molar-refractivity contribution in [3.8, 4) is 11.1 Å². The average Bonchev–Trinajstić information content (AvgIpc) is 3.44. The number of carbonyl (C=O) groups is 4. The number of piperidine rings is 1. The number of rotatable bonds is 4. The summed E-state index contributed by atoms with van der Waals surface area (Å²) in [5.41, 5.74) is 5.09. The molecule has 4 heterocycles. The number of hydrogen-bond donors (Lipinski definition) is 1. The third-order valence-electron chi connectivity index (χ3n) is 8.89. The van der Waals surface area contributed by atoms with E-state index in [9.17, 15) is 19.2 Å². The molecule has 3 aromatic carbocycles. The van der Waals surface area contributed by atoms with Crippen molar-refractivity contribution in [2.24, 2.45) is 0 Å². The summed E-state index contributed by atoms with van der Waals surface area (Å²) in [6, 6.07) is 20.9. The minimum absolute atomic E-state index is 0.0338. The van der Waals surface area contributed by atoms with Crippen LogP contribution < -0.4 is 10.2 Å². The first-order valence-electron chi connectivity index (χ1n) is 14.1. The van der Waals surface area contributed by atoms with E-state index in [1.54, 1.807) is 4.90 Å². The molecule has 3 fully saturated rings. The lowest BCUT2D eigenvalue weighted by atomic mass is 9.98. The van der Waals surface area contributed by atoms with E-state index in [4.69, 9.17) is 11.6 Å². The molecule has 3 atom stereocenters. The molecule has 8 nitrogen and oxygen atoms in total. The predicted molar refractivity (Wildman–Crippen MR) is 155 cm³/mol. The SMILES string of the molecule is O=C1CCC(N2Cc3cc(N4C5CCC4CN(C(=O)c4ccccc4-c4ccc(Cl)cc4)C5)ccc3C2=O)C(=O)N1. The van der Waals surface area contributed by atoms with Crippen LogP contribution in [-0.4, -0.2) is 64.6 Å². The smallest absolute Gasteiger partial charge is 0.255 e.